The molecule has 0 aromatic carbocycles. The summed E-state index contributed by atoms with van der Waals surface area (Å²) in [5.41, 5.74) is 0. The van der Waals surface area contributed by atoms with E-state index in [2.05, 4.69) is 31.0 Å². The van der Waals surface area contributed by atoms with Gasteiger partial charge in [0.1, 0.15) is 0 Å². The number of aliphatic carboxylic acids is 1. The maximum Gasteiger partial charge on any atom is 0.303 e. The fourth-order valence-corrected chi connectivity index (χ4v) is 5.62. The van der Waals surface area contributed by atoms with Crippen LogP contribution in [0.1, 0.15) is 161 Å². The molecule has 0 spiro atoms. The van der Waals surface area contributed by atoms with E-state index in [1.165, 1.54) is 135 Å². The summed E-state index contributed by atoms with van der Waals surface area (Å²) in [6.07, 6.45) is 36.0. The van der Waals surface area contributed by atoms with Crippen LogP contribution in [0.15, 0.2) is 12.2 Å². The Hall–Kier alpha value is -0.830. The Morgan fingerprint density at radius 1 is 0.676 bits per heavy atom. The zero-order chi connectivity index (χ0) is 24.7. The molecule has 2 saturated carbocycles. The van der Waals surface area contributed by atoms with Gasteiger partial charge in [-0.1, -0.05) is 109 Å². The van der Waals surface area contributed by atoms with Crippen molar-refractivity contribution in [3.05, 3.63) is 12.2 Å². The van der Waals surface area contributed by atoms with Crippen molar-refractivity contribution in [3.8, 4) is 0 Å². The predicted molar refractivity (Wildman–Crippen MR) is 149 cm³/mol. The van der Waals surface area contributed by atoms with Crippen LogP contribution in [0.5, 0.6) is 0 Å². The number of carboxylic acid groups (broad SMARTS) is 1. The standard InChI is InChI=1S/C18H34O2.C13H25N/c1-2-3-4-5-6-7-8-9-10-11-12-13-14-15-16-17-18(19)20;1-14(12-8-4-2-5-9-12)13-10-6-3-7-11-13/h9-10H,2-8,11-17H2,1H3,(H,19,20);12-13H,2-11H2,1H3/b10-9-;. The molecule has 0 aromatic heterocycles. The summed E-state index contributed by atoms with van der Waals surface area (Å²) in [6.45, 7) is 2.26. The predicted octanol–water partition coefficient (Wildman–Crippen LogP) is 9.69. The van der Waals surface area contributed by atoms with Crippen LogP contribution in [0.2, 0.25) is 0 Å². The summed E-state index contributed by atoms with van der Waals surface area (Å²) in [5, 5.41) is 8.51. The van der Waals surface area contributed by atoms with E-state index in [4.69, 9.17) is 5.11 Å². The van der Waals surface area contributed by atoms with Gasteiger partial charge in [0.2, 0.25) is 0 Å². The number of unbranched alkanes of at least 4 members (excludes halogenated alkanes) is 11. The SMILES string of the molecule is CCCCCCCC/C=C\CCCCCCCC(=O)O.CN(C1CCCCC1)C1CCCCC1. The van der Waals surface area contributed by atoms with Crippen LogP contribution < -0.4 is 0 Å². The molecule has 0 radical (unpaired) electrons. The van der Waals surface area contributed by atoms with Crippen LogP contribution in [0.25, 0.3) is 0 Å². The molecule has 0 bridgehead atoms. The van der Waals surface area contributed by atoms with E-state index in [1.54, 1.807) is 0 Å². The van der Waals surface area contributed by atoms with Gasteiger partial charge in [-0.15, -0.1) is 0 Å². The van der Waals surface area contributed by atoms with Gasteiger partial charge in [-0.05, 0) is 64.8 Å². The van der Waals surface area contributed by atoms with Gasteiger partial charge >= 0.3 is 5.97 Å². The molecule has 1 N–H and O–H groups in total. The fourth-order valence-electron chi connectivity index (χ4n) is 5.62. The van der Waals surface area contributed by atoms with Crippen molar-refractivity contribution in [1.82, 2.24) is 4.90 Å². The Labute approximate surface area is 213 Å². The van der Waals surface area contributed by atoms with Gasteiger partial charge in [-0.25, -0.2) is 0 Å². The minimum absolute atomic E-state index is 0.332. The van der Waals surface area contributed by atoms with Crippen LogP contribution in [0, 0.1) is 0 Å². The third-order valence-corrected chi connectivity index (χ3v) is 7.95. The monoisotopic (exact) mass is 477 g/mol. The number of carboxylic acids is 1. The first-order chi connectivity index (χ1) is 16.6. The van der Waals surface area contributed by atoms with Crippen molar-refractivity contribution in [2.75, 3.05) is 7.05 Å². The molecule has 0 atom stereocenters. The topological polar surface area (TPSA) is 40.5 Å². The van der Waals surface area contributed by atoms with Gasteiger partial charge in [-0.3, -0.25) is 4.79 Å². The zero-order valence-corrected chi connectivity index (χ0v) is 23.1. The molecule has 200 valence electrons. The van der Waals surface area contributed by atoms with Crippen molar-refractivity contribution in [2.45, 2.75) is 173 Å². The first-order valence-electron chi connectivity index (χ1n) is 15.2. The minimum Gasteiger partial charge on any atom is -0.481 e. The second-order valence-corrected chi connectivity index (χ2v) is 11.0. The van der Waals surface area contributed by atoms with Gasteiger partial charge < -0.3 is 10.0 Å². The summed E-state index contributed by atoms with van der Waals surface area (Å²) in [4.78, 5) is 13.0. The van der Waals surface area contributed by atoms with Crippen LogP contribution in [-0.4, -0.2) is 35.1 Å². The lowest BCUT2D eigenvalue weighted by atomic mass is 9.89. The largest absolute Gasteiger partial charge is 0.481 e. The first-order valence-corrected chi connectivity index (χ1v) is 15.2. The van der Waals surface area contributed by atoms with E-state index in [1.807, 2.05) is 0 Å². The summed E-state index contributed by atoms with van der Waals surface area (Å²) < 4.78 is 0. The highest BCUT2D eigenvalue weighted by molar-refractivity contribution is 5.66. The van der Waals surface area contributed by atoms with Crippen molar-refractivity contribution in [2.24, 2.45) is 0 Å². The zero-order valence-electron chi connectivity index (χ0n) is 23.1. The molecule has 0 aliphatic heterocycles. The molecule has 3 heteroatoms. The number of carbonyl (C=O) groups is 1. The Balaban J connectivity index is 0.000000358. The Bertz CT molecular complexity index is 460. The maximum atomic E-state index is 10.3. The summed E-state index contributed by atoms with van der Waals surface area (Å²) >= 11 is 0. The molecule has 0 aromatic rings. The maximum absolute atomic E-state index is 10.3. The molecular weight excluding hydrogens is 418 g/mol. The second-order valence-electron chi connectivity index (χ2n) is 11.0. The lowest BCUT2D eigenvalue weighted by Gasteiger charge is -2.39. The van der Waals surface area contributed by atoms with Crippen LogP contribution in [0.3, 0.4) is 0 Å². The third-order valence-electron chi connectivity index (χ3n) is 7.95. The molecule has 2 rings (SSSR count). The van der Waals surface area contributed by atoms with Gasteiger partial charge in [-0.2, -0.15) is 0 Å². The summed E-state index contributed by atoms with van der Waals surface area (Å²) in [7, 11) is 2.38. The smallest absolute Gasteiger partial charge is 0.303 e. The summed E-state index contributed by atoms with van der Waals surface area (Å²) in [6, 6.07) is 1.85. The van der Waals surface area contributed by atoms with E-state index in [9.17, 15) is 4.79 Å². The van der Waals surface area contributed by atoms with Gasteiger partial charge in [0.15, 0.2) is 0 Å². The highest BCUT2D eigenvalue weighted by Crippen LogP contribution is 2.28. The van der Waals surface area contributed by atoms with E-state index < -0.39 is 5.97 Å². The van der Waals surface area contributed by atoms with Gasteiger partial charge in [0.25, 0.3) is 0 Å². The second kappa shape index (κ2) is 22.6. The van der Waals surface area contributed by atoms with E-state index >= 15 is 0 Å². The lowest BCUT2D eigenvalue weighted by Crippen LogP contribution is -2.42. The van der Waals surface area contributed by atoms with E-state index in [-0.39, 0.29) is 0 Å². The number of hydrogen-bond acceptors (Lipinski definition) is 2. The van der Waals surface area contributed by atoms with Crippen molar-refractivity contribution >= 4 is 5.97 Å². The molecule has 3 nitrogen and oxygen atoms in total. The number of allylic oxidation sites excluding steroid dienone is 2. The number of rotatable bonds is 17. The summed E-state index contributed by atoms with van der Waals surface area (Å²) in [5.74, 6) is -0.664. The minimum atomic E-state index is -0.664. The van der Waals surface area contributed by atoms with Crippen molar-refractivity contribution in [1.29, 1.82) is 0 Å². The molecule has 0 unspecified atom stereocenters. The lowest BCUT2D eigenvalue weighted by molar-refractivity contribution is -0.137. The highest BCUT2D eigenvalue weighted by Gasteiger charge is 2.25. The van der Waals surface area contributed by atoms with Crippen LogP contribution in [-0.2, 0) is 4.79 Å². The van der Waals surface area contributed by atoms with Gasteiger partial charge in [0, 0.05) is 18.5 Å². The molecule has 0 heterocycles. The van der Waals surface area contributed by atoms with Crippen molar-refractivity contribution in [3.63, 3.8) is 0 Å². The highest BCUT2D eigenvalue weighted by atomic mass is 16.4. The molecule has 2 fully saturated rings. The van der Waals surface area contributed by atoms with E-state index in [0.717, 1.165) is 24.9 Å². The van der Waals surface area contributed by atoms with E-state index in [0.29, 0.717) is 6.42 Å². The third kappa shape index (κ3) is 17.6. The molecule has 2 aliphatic rings. The fraction of sp³-hybridized carbons (Fsp3) is 0.903. The molecule has 34 heavy (non-hydrogen) atoms. The molecular formula is C31H59NO2. The van der Waals surface area contributed by atoms with Crippen LogP contribution in [0.4, 0.5) is 0 Å². The number of nitrogens with zero attached hydrogens (tertiary/aromatic N) is 1. The number of hydrogen-bond donors (Lipinski definition) is 1. The Kier molecular flexibility index (Phi) is 20.8. The van der Waals surface area contributed by atoms with Crippen LogP contribution >= 0.6 is 0 Å². The normalized spacial score (nSPS) is 17.7. The average Bonchev–Trinajstić information content (AvgIpc) is 2.87. The molecule has 0 saturated heterocycles. The van der Waals surface area contributed by atoms with Gasteiger partial charge in [0.05, 0.1) is 0 Å². The first kappa shape index (κ1) is 31.2. The quantitative estimate of drug-likeness (QED) is 0.167. The molecule has 2 aliphatic carbocycles. The Morgan fingerprint density at radius 2 is 1.09 bits per heavy atom. The van der Waals surface area contributed by atoms with Crippen molar-refractivity contribution < 1.29 is 9.90 Å². The Morgan fingerprint density at radius 3 is 1.53 bits per heavy atom. The average molecular weight is 478 g/mol. The molecule has 0 amide bonds.